The van der Waals surface area contributed by atoms with E-state index in [1.807, 2.05) is 21.1 Å². The number of carbonyl (C=O) groups excluding carboxylic acids is 2. The second-order valence-corrected chi connectivity index (χ2v) is 15.2. The molecule has 0 aliphatic heterocycles. The highest BCUT2D eigenvalue weighted by atomic mass is 16.6. The van der Waals surface area contributed by atoms with E-state index in [4.69, 9.17) is 14.2 Å². The first-order chi connectivity index (χ1) is 25.6. The third-order valence-corrected chi connectivity index (χ3v) is 9.24. The van der Waals surface area contributed by atoms with Crippen molar-refractivity contribution in [2.45, 2.75) is 180 Å². The molecule has 8 nitrogen and oxygen atoms in total. The number of hydrogen-bond donors (Lipinski definition) is 1. The third kappa shape index (κ3) is 34.8. The van der Waals surface area contributed by atoms with E-state index in [0.717, 1.165) is 70.6 Å². The highest BCUT2D eigenvalue weighted by molar-refractivity contribution is 5.72. The molecule has 0 heterocycles. The first-order valence-electron chi connectivity index (χ1n) is 21.2. The summed E-state index contributed by atoms with van der Waals surface area (Å²) in [6.07, 6.45) is 41.7. The van der Waals surface area contributed by atoms with Gasteiger partial charge in [0.15, 0.2) is 12.1 Å². The first-order valence-corrected chi connectivity index (χ1v) is 21.2. The van der Waals surface area contributed by atoms with Crippen LogP contribution in [0.3, 0.4) is 0 Å². The van der Waals surface area contributed by atoms with Gasteiger partial charge in [-0.15, -0.1) is 0 Å². The number of unbranched alkanes of at least 4 members (excludes halogenated alkanes) is 15. The highest BCUT2D eigenvalue weighted by Crippen LogP contribution is 2.14. The van der Waals surface area contributed by atoms with Crippen LogP contribution in [-0.4, -0.2) is 80.6 Å². The summed E-state index contributed by atoms with van der Waals surface area (Å²) in [7, 11) is 5.51. The molecule has 0 aromatic carbocycles. The number of ether oxygens (including phenoxy) is 3. The van der Waals surface area contributed by atoms with E-state index in [1.165, 1.54) is 64.2 Å². The van der Waals surface area contributed by atoms with Gasteiger partial charge in [-0.3, -0.25) is 9.59 Å². The van der Waals surface area contributed by atoms with E-state index >= 15 is 0 Å². The van der Waals surface area contributed by atoms with Gasteiger partial charge in [-0.25, -0.2) is 4.79 Å². The molecule has 0 bridgehead atoms. The monoisotopic (exact) mass is 747 g/mol. The van der Waals surface area contributed by atoms with Crippen molar-refractivity contribution in [2.75, 3.05) is 41.0 Å². The molecule has 0 saturated heterocycles. The topological polar surface area (TPSA) is 99.1 Å². The average Bonchev–Trinajstić information content (AvgIpc) is 3.11. The molecule has 0 saturated carbocycles. The minimum Gasteiger partial charge on any atom is -0.477 e. The Morgan fingerprint density at radius 1 is 0.585 bits per heavy atom. The van der Waals surface area contributed by atoms with Gasteiger partial charge in [0.2, 0.25) is 0 Å². The zero-order chi connectivity index (χ0) is 39.3. The molecule has 53 heavy (non-hydrogen) atoms. The van der Waals surface area contributed by atoms with Gasteiger partial charge in [-0.1, -0.05) is 146 Å². The molecule has 306 valence electrons. The Morgan fingerprint density at radius 2 is 1.06 bits per heavy atom. The van der Waals surface area contributed by atoms with Crippen molar-refractivity contribution in [3.8, 4) is 0 Å². The summed E-state index contributed by atoms with van der Waals surface area (Å²) in [5.74, 6) is -1.48. The van der Waals surface area contributed by atoms with Crippen LogP contribution >= 0.6 is 0 Å². The summed E-state index contributed by atoms with van der Waals surface area (Å²) in [5, 5.41) is 9.58. The number of nitrogens with zero attached hydrogens (tertiary/aromatic N) is 1. The van der Waals surface area contributed by atoms with Crippen molar-refractivity contribution in [2.24, 2.45) is 0 Å². The minimum absolute atomic E-state index is 0.0540. The van der Waals surface area contributed by atoms with Gasteiger partial charge in [-0.2, -0.15) is 0 Å². The van der Waals surface area contributed by atoms with E-state index in [2.05, 4.69) is 62.5 Å². The van der Waals surface area contributed by atoms with Gasteiger partial charge in [0, 0.05) is 19.3 Å². The predicted molar refractivity (Wildman–Crippen MR) is 220 cm³/mol. The molecule has 1 N–H and O–H groups in total. The van der Waals surface area contributed by atoms with Crippen molar-refractivity contribution >= 4 is 17.9 Å². The summed E-state index contributed by atoms with van der Waals surface area (Å²) < 4.78 is 17.2. The summed E-state index contributed by atoms with van der Waals surface area (Å²) in [4.78, 5) is 36.7. The van der Waals surface area contributed by atoms with Crippen LogP contribution in [0, 0.1) is 0 Å². The maximum Gasteiger partial charge on any atom is 0.362 e. The Labute approximate surface area is 325 Å². The molecular weight excluding hydrogens is 666 g/mol. The van der Waals surface area contributed by atoms with Crippen LogP contribution < -0.4 is 0 Å². The lowest BCUT2D eigenvalue weighted by Crippen LogP contribution is -2.50. The van der Waals surface area contributed by atoms with Gasteiger partial charge in [0.05, 0.1) is 34.4 Å². The minimum atomic E-state index is -0.878. The largest absolute Gasteiger partial charge is 0.477 e. The quantitative estimate of drug-likeness (QED) is 0.0292. The Bertz CT molecular complexity index is 1010. The smallest absolute Gasteiger partial charge is 0.362 e. The van der Waals surface area contributed by atoms with Crippen molar-refractivity contribution in [3.63, 3.8) is 0 Å². The fraction of sp³-hybridized carbons (Fsp3) is 0.756. The number of allylic oxidation sites excluding steroid dienone is 8. The van der Waals surface area contributed by atoms with Gasteiger partial charge in [0.1, 0.15) is 6.61 Å². The SMILES string of the molecule is CC/C=C/C/C=C/C/C=C/C/C=C/CCCCCCCCCCCC(=O)OCC(COCCC(C(=O)O)[N+](C)(C)C)OC(=O)CCCCCCCCC. The normalized spacial score (nSPS) is 13.5. The van der Waals surface area contributed by atoms with Crippen molar-refractivity contribution in [1.29, 1.82) is 0 Å². The van der Waals surface area contributed by atoms with Crippen LogP contribution in [0.25, 0.3) is 0 Å². The Balaban J connectivity index is 4.17. The van der Waals surface area contributed by atoms with Gasteiger partial charge in [0.25, 0.3) is 0 Å². The lowest BCUT2D eigenvalue weighted by atomic mass is 10.1. The predicted octanol–water partition coefficient (Wildman–Crippen LogP) is 11.2. The lowest BCUT2D eigenvalue weighted by molar-refractivity contribution is -0.887. The molecule has 8 heteroatoms. The molecule has 0 fully saturated rings. The van der Waals surface area contributed by atoms with Crippen LogP contribution in [0.4, 0.5) is 0 Å². The van der Waals surface area contributed by atoms with Crippen molar-refractivity contribution in [3.05, 3.63) is 48.6 Å². The maximum atomic E-state index is 12.6. The molecule has 0 amide bonds. The van der Waals surface area contributed by atoms with E-state index in [0.29, 0.717) is 19.3 Å². The number of quaternary nitrogens is 1. The second-order valence-electron chi connectivity index (χ2n) is 15.2. The van der Waals surface area contributed by atoms with Crippen LogP contribution in [0.1, 0.15) is 168 Å². The summed E-state index contributed by atoms with van der Waals surface area (Å²) in [6, 6.07) is -0.613. The fourth-order valence-corrected chi connectivity index (χ4v) is 5.96. The Hall–Kier alpha value is -2.71. The number of carboxylic acids is 1. The maximum absolute atomic E-state index is 12.6. The van der Waals surface area contributed by atoms with E-state index in [-0.39, 0.29) is 36.2 Å². The van der Waals surface area contributed by atoms with Crippen LogP contribution in [0.2, 0.25) is 0 Å². The molecule has 0 aromatic heterocycles. The summed E-state index contributed by atoms with van der Waals surface area (Å²) >= 11 is 0. The number of rotatable bonds is 37. The number of carbonyl (C=O) groups is 3. The molecule has 2 unspecified atom stereocenters. The standard InChI is InChI=1S/C45H79NO7/c1-6-8-10-12-14-15-16-17-18-19-20-21-22-23-24-25-26-27-28-30-31-33-35-43(47)52-40-41(39-51-38-37-42(45(49)50)46(3,4)5)53-44(48)36-34-32-29-13-11-9-7-2/h8,10,14-15,17-18,20-21,41-42H,6-7,9,11-13,16,19,22-40H2,1-5H3/p+1/b10-8+,15-14+,18-17+,21-20+. The second kappa shape index (κ2) is 36.3. The van der Waals surface area contributed by atoms with E-state index < -0.39 is 18.1 Å². The van der Waals surface area contributed by atoms with Gasteiger partial charge >= 0.3 is 17.9 Å². The lowest BCUT2D eigenvalue weighted by Gasteiger charge is -2.31. The molecule has 0 aliphatic carbocycles. The summed E-state index contributed by atoms with van der Waals surface area (Å²) in [5.41, 5.74) is 0. The van der Waals surface area contributed by atoms with Crippen LogP contribution in [0.5, 0.6) is 0 Å². The van der Waals surface area contributed by atoms with Crippen molar-refractivity contribution in [1.82, 2.24) is 0 Å². The summed E-state index contributed by atoms with van der Waals surface area (Å²) in [6.45, 7) is 4.56. The Morgan fingerprint density at radius 3 is 1.57 bits per heavy atom. The van der Waals surface area contributed by atoms with Gasteiger partial charge < -0.3 is 23.8 Å². The molecule has 0 radical (unpaired) electrons. The highest BCUT2D eigenvalue weighted by Gasteiger charge is 2.31. The van der Waals surface area contributed by atoms with E-state index in [1.54, 1.807) is 0 Å². The van der Waals surface area contributed by atoms with Crippen LogP contribution in [0.15, 0.2) is 48.6 Å². The molecule has 0 spiro atoms. The number of aliphatic carboxylic acids is 1. The molecule has 2 atom stereocenters. The number of esters is 2. The van der Waals surface area contributed by atoms with Gasteiger partial charge in [-0.05, 0) is 51.4 Å². The molecule has 0 aromatic rings. The third-order valence-electron chi connectivity index (χ3n) is 9.24. The molecule has 0 rings (SSSR count). The zero-order valence-electron chi connectivity index (χ0n) is 34.7. The van der Waals surface area contributed by atoms with Crippen molar-refractivity contribution < 1.29 is 38.2 Å². The number of hydrogen-bond acceptors (Lipinski definition) is 6. The van der Waals surface area contributed by atoms with E-state index in [9.17, 15) is 19.5 Å². The average molecular weight is 747 g/mol. The Kier molecular flexibility index (Phi) is 34.4. The molecular formula is C45H80NO7+. The zero-order valence-corrected chi connectivity index (χ0v) is 34.7. The number of likely N-dealkylation sites (N-methyl/N-ethyl adjacent to an activating group) is 1. The fourth-order valence-electron chi connectivity index (χ4n) is 5.96. The first kappa shape index (κ1) is 50.3. The number of carboxylic acid groups (broad SMARTS) is 1. The van der Waals surface area contributed by atoms with Crippen LogP contribution in [-0.2, 0) is 28.6 Å². The molecule has 0 aliphatic rings.